The van der Waals surface area contributed by atoms with Gasteiger partial charge in [0, 0.05) is 25.9 Å². The average molecular weight is 286 g/mol. The molecule has 0 spiro atoms. The smallest absolute Gasteiger partial charge is 0.258 e. The summed E-state index contributed by atoms with van der Waals surface area (Å²) in [4.78, 5) is 10.9. The van der Waals surface area contributed by atoms with Crippen molar-refractivity contribution >= 4 is 56.8 Å². The van der Waals surface area contributed by atoms with Crippen molar-refractivity contribution in [3.8, 4) is 0 Å². The summed E-state index contributed by atoms with van der Waals surface area (Å²) in [6.45, 7) is 0. The second-order valence-corrected chi connectivity index (χ2v) is 8.29. The van der Waals surface area contributed by atoms with Crippen molar-refractivity contribution in [2.45, 2.75) is 4.90 Å². The Morgan fingerprint density at radius 2 is 2.00 bits per heavy atom. The highest BCUT2D eigenvalue weighted by Crippen LogP contribution is 2.49. The van der Waals surface area contributed by atoms with Gasteiger partial charge >= 0.3 is 0 Å². The Bertz CT molecular complexity index is 324. The lowest BCUT2D eigenvalue weighted by Gasteiger charge is -1.98. The van der Waals surface area contributed by atoms with Gasteiger partial charge in [0.25, 0.3) is 5.69 Å². The van der Waals surface area contributed by atoms with E-state index in [9.17, 15) is 10.1 Å². The van der Waals surface area contributed by atoms with Crippen LogP contribution in [0.1, 0.15) is 0 Å². The van der Waals surface area contributed by atoms with E-state index in [0.717, 1.165) is 10.0 Å². The second kappa shape index (κ2) is 6.73. The minimum atomic E-state index is -0.388. The van der Waals surface area contributed by atoms with Gasteiger partial charge in [-0.2, -0.15) is 0 Å². The summed E-state index contributed by atoms with van der Waals surface area (Å²) in [5, 5.41) is 10.6. The number of hydrogen-bond acceptors (Lipinski definition) is 6. The Balaban J connectivity index is 2.69. The highest BCUT2D eigenvalue weighted by Gasteiger charge is 2.12. The first kappa shape index (κ1) is 12.4. The van der Waals surface area contributed by atoms with Crippen molar-refractivity contribution in [1.82, 2.24) is 0 Å². The van der Waals surface area contributed by atoms with Crippen molar-refractivity contribution in [2.24, 2.45) is 0 Å². The molecule has 1 aromatic carbocycles. The Kier molecular flexibility index (Phi) is 5.95. The number of nitro benzene ring substituents is 1. The maximum Gasteiger partial charge on any atom is 0.283 e. The molecule has 8 heteroatoms. The molecule has 1 rings (SSSR count). The van der Waals surface area contributed by atoms with Crippen molar-refractivity contribution in [3.05, 3.63) is 34.4 Å². The van der Waals surface area contributed by atoms with Gasteiger partial charge in [0.1, 0.15) is 0 Å². The average Bonchev–Trinajstić information content (AvgIpc) is 2.19. The number of benzene rings is 1. The van der Waals surface area contributed by atoms with Gasteiger partial charge in [0.15, 0.2) is 0 Å². The van der Waals surface area contributed by atoms with Gasteiger partial charge in [-0.15, -0.1) is 0 Å². The van der Waals surface area contributed by atoms with Crippen LogP contribution < -0.4 is 0 Å². The topological polar surface area (TPSA) is 43.1 Å². The molecule has 76 valence electrons. The molecule has 0 aromatic heterocycles. The lowest BCUT2D eigenvalue weighted by molar-refractivity contribution is -0.387. The molecule has 0 fully saturated rings. The van der Waals surface area contributed by atoms with Crippen LogP contribution in [0.3, 0.4) is 0 Å². The number of nitrogens with zero attached hydrogens (tertiary/aromatic N) is 1. The fourth-order valence-corrected chi connectivity index (χ4v) is 6.13. The molecule has 0 aliphatic rings. The minimum absolute atomic E-state index is 0.130. The van der Waals surface area contributed by atoms with E-state index >= 15 is 0 Å². The van der Waals surface area contributed by atoms with Crippen LogP contribution in [0.5, 0.6) is 0 Å². The molecular formula is C6H4ClNO2S4. The van der Waals surface area contributed by atoms with Crippen LogP contribution in [0, 0.1) is 10.1 Å². The van der Waals surface area contributed by atoms with Gasteiger partial charge in [0.2, 0.25) is 0 Å². The number of rotatable bonds is 5. The van der Waals surface area contributed by atoms with E-state index in [-0.39, 0.29) is 10.6 Å². The van der Waals surface area contributed by atoms with Crippen LogP contribution in [0.15, 0.2) is 29.2 Å². The largest absolute Gasteiger partial charge is 0.283 e. The fraction of sp³-hybridized carbons (Fsp3) is 0. The summed E-state index contributed by atoms with van der Waals surface area (Å²) in [5.74, 6) is 0. The molecule has 3 nitrogen and oxygen atoms in total. The first-order valence-electron chi connectivity index (χ1n) is 3.27. The zero-order chi connectivity index (χ0) is 10.4. The van der Waals surface area contributed by atoms with Gasteiger partial charge in [0.05, 0.1) is 9.82 Å². The lowest BCUT2D eigenvalue weighted by Crippen LogP contribution is -1.88. The van der Waals surface area contributed by atoms with Crippen LogP contribution in [0.25, 0.3) is 0 Å². The molecule has 0 radical (unpaired) electrons. The molecule has 0 unspecified atom stereocenters. The number of nitro groups is 1. The number of hydrogen-bond donors (Lipinski definition) is 0. The molecule has 0 saturated heterocycles. The molecule has 0 heterocycles. The predicted octanol–water partition coefficient (Wildman–Crippen LogP) is 4.79. The van der Waals surface area contributed by atoms with E-state index in [2.05, 4.69) is 0 Å². The standard InChI is InChI=1S/C6H4ClNO2S4/c7-12-14-13-11-6-4-2-1-3-5(6)8(9)10/h1-4H. The van der Waals surface area contributed by atoms with E-state index in [1.807, 2.05) is 0 Å². The molecule has 0 amide bonds. The van der Waals surface area contributed by atoms with Crippen LogP contribution >= 0.6 is 51.1 Å². The van der Waals surface area contributed by atoms with E-state index < -0.39 is 0 Å². The highest BCUT2D eigenvalue weighted by molar-refractivity contribution is 9.28. The molecule has 0 atom stereocenters. The quantitative estimate of drug-likeness (QED) is 0.335. The Morgan fingerprint density at radius 1 is 1.29 bits per heavy atom. The Hall–Kier alpha value is 0.310. The molecule has 0 aliphatic carbocycles. The van der Waals surface area contributed by atoms with Crippen molar-refractivity contribution < 1.29 is 4.92 Å². The summed E-state index contributed by atoms with van der Waals surface area (Å²) >= 11 is 0. The first-order chi connectivity index (χ1) is 6.75. The zero-order valence-electron chi connectivity index (χ0n) is 6.58. The van der Waals surface area contributed by atoms with Crippen molar-refractivity contribution in [1.29, 1.82) is 0 Å². The molecule has 0 aliphatic heterocycles. The SMILES string of the molecule is O=[N+]([O-])c1ccccc1SSSSCl. The van der Waals surface area contributed by atoms with E-state index in [1.54, 1.807) is 18.2 Å². The normalized spacial score (nSPS) is 10.1. The maximum absolute atomic E-state index is 10.6. The Labute approximate surface area is 101 Å². The summed E-state index contributed by atoms with van der Waals surface area (Å²) < 4.78 is 0. The number of para-hydroxylation sites is 1. The van der Waals surface area contributed by atoms with Gasteiger partial charge < -0.3 is 0 Å². The fourth-order valence-electron chi connectivity index (χ4n) is 0.740. The first-order valence-corrected chi connectivity index (χ1v) is 8.92. The highest BCUT2D eigenvalue weighted by atomic mass is 35.7. The van der Waals surface area contributed by atoms with Crippen molar-refractivity contribution in [3.63, 3.8) is 0 Å². The summed E-state index contributed by atoms with van der Waals surface area (Å²) in [7, 11) is 10.6. The molecule has 0 bridgehead atoms. The molecule has 14 heavy (non-hydrogen) atoms. The third-order valence-corrected chi connectivity index (χ3v) is 7.47. The minimum Gasteiger partial charge on any atom is -0.258 e. The predicted molar refractivity (Wildman–Crippen MR) is 67.6 cm³/mol. The van der Waals surface area contributed by atoms with Gasteiger partial charge in [-0.3, -0.25) is 10.1 Å². The third kappa shape index (κ3) is 3.82. The van der Waals surface area contributed by atoms with Crippen LogP contribution in [0.4, 0.5) is 5.69 Å². The monoisotopic (exact) mass is 285 g/mol. The van der Waals surface area contributed by atoms with Crippen LogP contribution in [-0.2, 0) is 0 Å². The van der Waals surface area contributed by atoms with E-state index in [4.69, 9.17) is 10.7 Å². The third-order valence-electron chi connectivity index (χ3n) is 1.24. The van der Waals surface area contributed by atoms with E-state index in [1.165, 1.54) is 36.5 Å². The molecule has 0 N–H and O–H groups in total. The number of halogens is 1. The van der Waals surface area contributed by atoms with Gasteiger partial charge in [-0.05, 0) is 37.4 Å². The van der Waals surface area contributed by atoms with Gasteiger partial charge in [-0.25, -0.2) is 0 Å². The summed E-state index contributed by atoms with van der Waals surface area (Å²) in [6.07, 6.45) is 0. The van der Waals surface area contributed by atoms with Crippen molar-refractivity contribution in [2.75, 3.05) is 0 Å². The van der Waals surface area contributed by atoms with Crippen LogP contribution in [0.2, 0.25) is 0 Å². The maximum atomic E-state index is 10.6. The van der Waals surface area contributed by atoms with Gasteiger partial charge in [-0.1, -0.05) is 12.1 Å². The Morgan fingerprint density at radius 3 is 2.64 bits per heavy atom. The summed E-state index contributed by atoms with van der Waals surface area (Å²) in [5.41, 5.74) is 0.130. The summed E-state index contributed by atoms with van der Waals surface area (Å²) in [6, 6.07) is 6.63. The lowest BCUT2D eigenvalue weighted by atomic mass is 10.3. The molecule has 0 saturated carbocycles. The zero-order valence-corrected chi connectivity index (χ0v) is 10.6. The molecular weight excluding hydrogens is 282 g/mol. The molecule has 1 aromatic rings. The second-order valence-electron chi connectivity index (χ2n) is 2.01. The van der Waals surface area contributed by atoms with Crippen LogP contribution in [-0.4, -0.2) is 4.92 Å². The van der Waals surface area contributed by atoms with E-state index in [0.29, 0.717) is 4.90 Å².